The third-order valence-electron chi connectivity index (χ3n) is 6.78. The fourth-order valence-corrected chi connectivity index (χ4v) is 4.91. The fraction of sp³-hybridized carbons (Fsp3) is 0.296. The van der Waals surface area contributed by atoms with Gasteiger partial charge in [0.25, 0.3) is 0 Å². The van der Waals surface area contributed by atoms with Gasteiger partial charge in [-0.2, -0.15) is 0 Å². The van der Waals surface area contributed by atoms with E-state index in [9.17, 15) is 0 Å². The molecule has 2 unspecified atom stereocenters. The van der Waals surface area contributed by atoms with Crippen LogP contribution in [-0.4, -0.2) is 50.5 Å². The predicted octanol–water partition coefficient (Wildman–Crippen LogP) is 3.43. The lowest BCUT2D eigenvalue weighted by Gasteiger charge is -2.39. The van der Waals surface area contributed by atoms with Crippen molar-refractivity contribution >= 4 is 17.0 Å². The van der Waals surface area contributed by atoms with Crippen LogP contribution in [0.1, 0.15) is 17.4 Å². The van der Waals surface area contributed by atoms with Gasteiger partial charge in [0.2, 0.25) is 0 Å². The summed E-state index contributed by atoms with van der Waals surface area (Å²) < 4.78 is 27.6. The van der Waals surface area contributed by atoms with E-state index in [0.717, 1.165) is 16.7 Å². The van der Waals surface area contributed by atoms with Gasteiger partial charge in [0, 0.05) is 0 Å². The highest BCUT2D eigenvalue weighted by Gasteiger charge is 2.62. The van der Waals surface area contributed by atoms with Gasteiger partial charge in [0.05, 0.1) is 32.8 Å². The summed E-state index contributed by atoms with van der Waals surface area (Å²) in [4.78, 5) is 12.9. The molecule has 2 N–H and O–H groups in total. The van der Waals surface area contributed by atoms with E-state index in [0.29, 0.717) is 36.8 Å². The van der Waals surface area contributed by atoms with E-state index >= 15 is 0 Å². The van der Waals surface area contributed by atoms with E-state index < -0.39 is 24.0 Å². The Morgan fingerprint density at radius 2 is 1.72 bits per heavy atom. The molecular weight excluding hydrogens is 458 g/mol. The first-order chi connectivity index (χ1) is 17.7. The SMILES string of the molecule is C=C1COC2C(OCc3ccccc3)[C@@]1(COCc1ccccc1)O[C@H]2n1cnc2c(N)ncnc21. The molecule has 6 rings (SSSR count). The van der Waals surface area contributed by atoms with Crippen LogP contribution in [0, 0.1) is 0 Å². The molecule has 2 aliphatic rings. The number of fused-ring (bicyclic) bond motifs is 3. The zero-order valence-electron chi connectivity index (χ0n) is 19.7. The molecule has 4 aromatic rings. The predicted molar refractivity (Wildman–Crippen MR) is 133 cm³/mol. The molecule has 2 saturated heterocycles. The summed E-state index contributed by atoms with van der Waals surface area (Å²) in [5, 5.41) is 0. The highest BCUT2D eigenvalue weighted by molar-refractivity contribution is 5.81. The van der Waals surface area contributed by atoms with Gasteiger partial charge in [-0.1, -0.05) is 67.2 Å². The van der Waals surface area contributed by atoms with E-state index in [1.165, 1.54) is 6.33 Å². The number of nitrogens with two attached hydrogens (primary N) is 1. The number of aromatic nitrogens is 4. The van der Waals surface area contributed by atoms with Crippen LogP contribution < -0.4 is 5.73 Å². The maximum atomic E-state index is 6.76. The Morgan fingerprint density at radius 3 is 2.47 bits per heavy atom. The summed E-state index contributed by atoms with van der Waals surface area (Å²) in [5.74, 6) is 0.308. The van der Waals surface area contributed by atoms with Crippen LogP contribution in [0.25, 0.3) is 11.2 Å². The minimum Gasteiger partial charge on any atom is -0.382 e. The Kier molecular flexibility index (Phi) is 5.98. The van der Waals surface area contributed by atoms with Gasteiger partial charge >= 0.3 is 0 Å². The Bertz CT molecular complexity index is 1360. The molecule has 2 aliphatic heterocycles. The zero-order chi connectivity index (χ0) is 24.5. The van der Waals surface area contributed by atoms with E-state index in [1.54, 1.807) is 6.33 Å². The summed E-state index contributed by atoms with van der Waals surface area (Å²) in [6, 6.07) is 20.0. The first-order valence-electron chi connectivity index (χ1n) is 11.8. The van der Waals surface area contributed by atoms with E-state index in [2.05, 4.69) is 21.5 Å². The topological polar surface area (TPSA) is 107 Å². The van der Waals surface area contributed by atoms with Crippen molar-refractivity contribution < 1.29 is 18.9 Å². The molecule has 0 saturated carbocycles. The number of hydrogen-bond donors (Lipinski definition) is 1. The second kappa shape index (κ2) is 9.44. The monoisotopic (exact) mass is 485 g/mol. The average Bonchev–Trinajstić information content (AvgIpc) is 3.43. The van der Waals surface area contributed by atoms with Crippen LogP contribution in [0.15, 0.2) is 85.5 Å². The minimum absolute atomic E-state index is 0.264. The molecule has 36 heavy (non-hydrogen) atoms. The fourth-order valence-electron chi connectivity index (χ4n) is 4.91. The lowest BCUT2D eigenvalue weighted by Crippen LogP contribution is -2.54. The van der Waals surface area contributed by atoms with Gasteiger partial charge < -0.3 is 24.7 Å². The molecular formula is C27H27N5O4. The van der Waals surface area contributed by atoms with Crippen LogP contribution in [-0.2, 0) is 32.2 Å². The number of rotatable bonds is 8. The molecule has 2 bridgehead atoms. The normalized spacial score (nSPS) is 25.4. The summed E-state index contributed by atoms with van der Waals surface area (Å²) in [6.45, 7) is 5.75. The molecule has 2 aromatic carbocycles. The number of benzene rings is 2. The zero-order valence-corrected chi connectivity index (χ0v) is 19.7. The Hall–Kier alpha value is -3.63. The van der Waals surface area contributed by atoms with E-state index in [-0.39, 0.29) is 6.61 Å². The second-order valence-electron chi connectivity index (χ2n) is 9.06. The molecule has 9 heteroatoms. The molecule has 9 nitrogen and oxygen atoms in total. The molecule has 184 valence electrons. The van der Waals surface area contributed by atoms with E-state index in [4.69, 9.17) is 24.7 Å². The van der Waals surface area contributed by atoms with Gasteiger partial charge in [-0.15, -0.1) is 0 Å². The van der Waals surface area contributed by atoms with Gasteiger partial charge in [0.15, 0.2) is 17.7 Å². The molecule has 0 aliphatic carbocycles. The number of nitrogens with zero attached hydrogens (tertiary/aromatic N) is 4. The number of hydrogen-bond acceptors (Lipinski definition) is 8. The average molecular weight is 486 g/mol. The van der Waals surface area contributed by atoms with Gasteiger partial charge in [0.1, 0.15) is 29.7 Å². The molecule has 2 aromatic heterocycles. The quantitative estimate of drug-likeness (QED) is 0.379. The number of nitrogen functional groups attached to an aromatic ring is 1. The van der Waals surface area contributed by atoms with E-state index in [1.807, 2.05) is 65.2 Å². The molecule has 4 heterocycles. The summed E-state index contributed by atoms with van der Waals surface area (Å²) in [6.07, 6.45) is 1.60. The van der Waals surface area contributed by atoms with Crippen molar-refractivity contribution in [2.75, 3.05) is 18.9 Å². The first kappa shape index (κ1) is 22.8. The first-order valence-corrected chi connectivity index (χ1v) is 11.8. The van der Waals surface area contributed by atoms with Crippen molar-refractivity contribution in [1.82, 2.24) is 19.5 Å². The van der Waals surface area contributed by atoms with Crippen molar-refractivity contribution in [3.05, 3.63) is 96.6 Å². The molecule has 2 fully saturated rings. The highest BCUT2D eigenvalue weighted by atomic mass is 16.6. The lowest BCUT2D eigenvalue weighted by atomic mass is 9.86. The van der Waals surface area contributed by atoms with Crippen molar-refractivity contribution in [3.63, 3.8) is 0 Å². The van der Waals surface area contributed by atoms with Gasteiger partial charge in [-0.05, 0) is 16.7 Å². The highest BCUT2D eigenvalue weighted by Crippen LogP contribution is 2.49. The smallest absolute Gasteiger partial charge is 0.167 e. The van der Waals surface area contributed by atoms with Crippen LogP contribution in [0.4, 0.5) is 5.82 Å². The van der Waals surface area contributed by atoms with Crippen molar-refractivity contribution in [1.29, 1.82) is 0 Å². The minimum atomic E-state index is -0.910. The Morgan fingerprint density at radius 1 is 1.00 bits per heavy atom. The number of ether oxygens (including phenoxy) is 4. The third kappa shape index (κ3) is 3.96. The maximum absolute atomic E-state index is 6.76. The van der Waals surface area contributed by atoms with Gasteiger partial charge in [-0.3, -0.25) is 4.57 Å². The van der Waals surface area contributed by atoms with Crippen LogP contribution in [0.5, 0.6) is 0 Å². The molecule has 0 spiro atoms. The largest absolute Gasteiger partial charge is 0.382 e. The molecule has 0 radical (unpaired) electrons. The summed E-state index contributed by atoms with van der Waals surface area (Å²) in [5.41, 5.74) is 9.09. The number of anilines is 1. The second-order valence-corrected chi connectivity index (χ2v) is 9.06. The third-order valence-corrected chi connectivity index (χ3v) is 6.78. The van der Waals surface area contributed by atoms with Gasteiger partial charge in [-0.25, -0.2) is 15.0 Å². The summed E-state index contributed by atoms with van der Waals surface area (Å²) >= 11 is 0. The van der Waals surface area contributed by atoms with Crippen LogP contribution in [0.2, 0.25) is 0 Å². The van der Waals surface area contributed by atoms with Crippen LogP contribution in [0.3, 0.4) is 0 Å². The molecule has 0 amide bonds. The molecule has 4 atom stereocenters. The van der Waals surface area contributed by atoms with Crippen LogP contribution >= 0.6 is 0 Å². The standard InChI is InChI=1S/C27H27N5O4/c1-18-12-34-22-23(35-14-20-10-6-3-7-11-20)27(18,15-33-13-19-8-4-2-5-9-19)36-26(22)32-17-31-21-24(28)29-16-30-25(21)32/h2-11,16-17,22-23,26H,1,12-15H2,(H2,28,29,30)/t22?,23?,26-,27+/m1/s1. The Labute approximate surface area is 208 Å². The van der Waals surface area contributed by atoms with Crippen molar-refractivity contribution in [3.8, 4) is 0 Å². The van der Waals surface area contributed by atoms with Crippen molar-refractivity contribution in [2.24, 2.45) is 0 Å². The van der Waals surface area contributed by atoms with Crippen molar-refractivity contribution in [2.45, 2.75) is 37.3 Å². The number of imidazole rings is 1. The maximum Gasteiger partial charge on any atom is 0.167 e. The lowest BCUT2D eigenvalue weighted by molar-refractivity contribution is -0.149. The summed E-state index contributed by atoms with van der Waals surface area (Å²) in [7, 11) is 0. The Balaban J connectivity index is 1.33.